The molecule has 1 aliphatic rings. The summed E-state index contributed by atoms with van der Waals surface area (Å²) in [7, 11) is 1.62. The van der Waals surface area contributed by atoms with Gasteiger partial charge in [0.2, 0.25) is 0 Å². The van der Waals surface area contributed by atoms with Gasteiger partial charge in [0, 0.05) is 23.7 Å². The van der Waals surface area contributed by atoms with E-state index in [4.69, 9.17) is 26.4 Å². The third kappa shape index (κ3) is 4.86. The molecule has 0 saturated carbocycles. The third-order valence-corrected chi connectivity index (χ3v) is 5.53. The van der Waals surface area contributed by atoms with Crippen molar-refractivity contribution in [3.63, 3.8) is 0 Å². The van der Waals surface area contributed by atoms with E-state index in [1.807, 2.05) is 44.2 Å². The summed E-state index contributed by atoms with van der Waals surface area (Å²) in [6.07, 6.45) is 3.68. The molecule has 0 aliphatic carbocycles. The van der Waals surface area contributed by atoms with E-state index in [0.717, 1.165) is 47.2 Å². The molecule has 1 unspecified atom stereocenters. The second-order valence-corrected chi connectivity index (χ2v) is 7.94. The first-order valence-electron chi connectivity index (χ1n) is 10.3. The molecule has 8 heteroatoms. The molecule has 0 spiro atoms. The maximum absolute atomic E-state index is 6.03. The van der Waals surface area contributed by atoms with Gasteiger partial charge in [0.1, 0.15) is 18.8 Å². The summed E-state index contributed by atoms with van der Waals surface area (Å²) in [5.41, 5.74) is 3.95. The zero-order valence-corrected chi connectivity index (χ0v) is 18.7. The highest BCUT2D eigenvalue weighted by Crippen LogP contribution is 2.34. The molecule has 4 rings (SSSR count). The van der Waals surface area contributed by atoms with Gasteiger partial charge in [-0.15, -0.1) is 0 Å². The van der Waals surface area contributed by atoms with E-state index >= 15 is 0 Å². The molecular weight excluding hydrogens is 412 g/mol. The van der Waals surface area contributed by atoms with Crippen LogP contribution in [0.25, 0.3) is 10.9 Å². The van der Waals surface area contributed by atoms with Crippen molar-refractivity contribution in [3.8, 4) is 11.5 Å². The minimum absolute atomic E-state index is 0.110. The largest absolute Gasteiger partial charge is 0.493 e. The van der Waals surface area contributed by atoms with Crippen LogP contribution in [0.5, 0.6) is 11.5 Å². The number of anilines is 2. The van der Waals surface area contributed by atoms with Crippen molar-refractivity contribution in [2.45, 2.75) is 32.8 Å². The summed E-state index contributed by atoms with van der Waals surface area (Å²) in [6, 6.07) is 9.84. The van der Waals surface area contributed by atoms with Crippen molar-refractivity contribution in [1.29, 1.82) is 0 Å². The van der Waals surface area contributed by atoms with Crippen molar-refractivity contribution in [2.75, 3.05) is 31.0 Å². The molecule has 1 atom stereocenters. The molecule has 2 aromatic carbocycles. The number of aromatic nitrogens is 2. The molecule has 0 amide bonds. The number of nitrogens with one attached hydrogen (secondary N) is 2. The number of fused-ring (bicyclic) bond motifs is 1. The van der Waals surface area contributed by atoms with Crippen LogP contribution in [0.1, 0.15) is 24.0 Å². The lowest BCUT2D eigenvalue weighted by Gasteiger charge is -2.17. The van der Waals surface area contributed by atoms with E-state index in [1.165, 1.54) is 6.33 Å². The van der Waals surface area contributed by atoms with Crippen molar-refractivity contribution in [1.82, 2.24) is 9.97 Å². The fourth-order valence-electron chi connectivity index (χ4n) is 3.66. The quantitative estimate of drug-likeness (QED) is 0.540. The van der Waals surface area contributed by atoms with Gasteiger partial charge in [-0.1, -0.05) is 18.2 Å². The fraction of sp³-hybridized carbons (Fsp3) is 0.348. The van der Waals surface area contributed by atoms with Crippen LogP contribution in [0.3, 0.4) is 0 Å². The lowest BCUT2D eigenvalue weighted by molar-refractivity contribution is 0.0670. The van der Waals surface area contributed by atoms with Crippen molar-refractivity contribution >= 4 is 39.7 Å². The molecule has 1 aliphatic heterocycles. The third-order valence-electron chi connectivity index (χ3n) is 5.32. The number of rotatable bonds is 6. The summed E-state index contributed by atoms with van der Waals surface area (Å²) in [6.45, 7) is 5.35. The van der Waals surface area contributed by atoms with E-state index in [2.05, 4.69) is 20.6 Å². The molecule has 162 valence electrons. The minimum atomic E-state index is 0.110. The summed E-state index contributed by atoms with van der Waals surface area (Å²) in [5, 5.41) is 7.72. The number of para-hydroxylation sites is 1. The van der Waals surface area contributed by atoms with Gasteiger partial charge in [0.05, 0.1) is 18.7 Å². The van der Waals surface area contributed by atoms with Gasteiger partial charge in [-0.2, -0.15) is 0 Å². The first kappa shape index (κ1) is 21.3. The zero-order chi connectivity index (χ0) is 21.8. The predicted octanol–water partition coefficient (Wildman–Crippen LogP) is 4.62. The average Bonchev–Trinajstić information content (AvgIpc) is 3.28. The Morgan fingerprint density at radius 1 is 1.16 bits per heavy atom. The minimum Gasteiger partial charge on any atom is -0.493 e. The van der Waals surface area contributed by atoms with Crippen LogP contribution in [0.15, 0.2) is 36.7 Å². The monoisotopic (exact) mass is 438 g/mol. The number of benzene rings is 2. The van der Waals surface area contributed by atoms with Crippen LogP contribution in [-0.4, -0.2) is 41.5 Å². The number of ether oxygens (including phenoxy) is 3. The Bertz CT molecular complexity index is 1080. The summed E-state index contributed by atoms with van der Waals surface area (Å²) in [4.78, 5) is 8.77. The maximum Gasteiger partial charge on any atom is 0.176 e. The van der Waals surface area contributed by atoms with Gasteiger partial charge in [-0.05, 0) is 56.1 Å². The first-order valence-corrected chi connectivity index (χ1v) is 10.7. The van der Waals surface area contributed by atoms with E-state index in [1.54, 1.807) is 7.11 Å². The lowest BCUT2D eigenvalue weighted by atomic mass is 10.1. The van der Waals surface area contributed by atoms with Gasteiger partial charge in [0.25, 0.3) is 0 Å². The topological polar surface area (TPSA) is 77.5 Å². The van der Waals surface area contributed by atoms with Crippen LogP contribution in [0, 0.1) is 13.8 Å². The Morgan fingerprint density at radius 2 is 1.97 bits per heavy atom. The molecular formula is C23H26N4O3S. The SMILES string of the molecule is COc1cc2ncnc(NC(=S)Nc3c(C)cccc3C)c2cc1OCC1CCCO1. The highest BCUT2D eigenvalue weighted by molar-refractivity contribution is 7.80. The maximum atomic E-state index is 6.03. The molecule has 3 aromatic rings. The highest BCUT2D eigenvalue weighted by Gasteiger charge is 2.18. The predicted molar refractivity (Wildman–Crippen MR) is 126 cm³/mol. The Balaban J connectivity index is 1.58. The van der Waals surface area contributed by atoms with Gasteiger partial charge >= 0.3 is 0 Å². The summed E-state index contributed by atoms with van der Waals surface area (Å²) >= 11 is 5.55. The van der Waals surface area contributed by atoms with Crippen LogP contribution >= 0.6 is 12.2 Å². The van der Waals surface area contributed by atoms with Gasteiger partial charge in [0.15, 0.2) is 16.6 Å². The molecule has 2 heterocycles. The Kier molecular flexibility index (Phi) is 6.48. The molecule has 0 radical (unpaired) electrons. The van der Waals surface area contributed by atoms with Crippen LogP contribution in [-0.2, 0) is 4.74 Å². The highest BCUT2D eigenvalue weighted by atomic mass is 32.1. The van der Waals surface area contributed by atoms with E-state index in [0.29, 0.717) is 29.0 Å². The smallest absolute Gasteiger partial charge is 0.176 e. The summed E-state index contributed by atoms with van der Waals surface area (Å²) in [5.74, 6) is 1.83. The standard InChI is InChI=1S/C23H26N4O3S/c1-14-6-4-7-15(2)21(14)26-23(31)27-22-17-10-20(30-12-16-8-5-9-29-16)19(28-3)11-18(17)24-13-25-22/h4,6-7,10-11,13,16H,5,8-9,12H2,1-3H3,(H2,24,25,26,27,31). The molecule has 0 bridgehead atoms. The molecule has 1 saturated heterocycles. The second kappa shape index (κ2) is 9.45. The van der Waals surface area contributed by atoms with E-state index < -0.39 is 0 Å². The molecule has 1 fully saturated rings. The Hall–Kier alpha value is -2.97. The van der Waals surface area contributed by atoms with Crippen molar-refractivity contribution in [3.05, 3.63) is 47.8 Å². The average molecular weight is 439 g/mol. The van der Waals surface area contributed by atoms with Crippen LogP contribution < -0.4 is 20.1 Å². The van der Waals surface area contributed by atoms with Crippen molar-refractivity contribution < 1.29 is 14.2 Å². The fourth-order valence-corrected chi connectivity index (χ4v) is 3.86. The number of nitrogens with zero attached hydrogens (tertiary/aromatic N) is 2. The van der Waals surface area contributed by atoms with E-state index in [-0.39, 0.29) is 6.10 Å². The molecule has 1 aromatic heterocycles. The van der Waals surface area contributed by atoms with Crippen LogP contribution in [0.2, 0.25) is 0 Å². The number of thiocarbonyl (C=S) groups is 1. The Morgan fingerprint density at radius 3 is 2.68 bits per heavy atom. The molecule has 31 heavy (non-hydrogen) atoms. The van der Waals surface area contributed by atoms with Gasteiger partial charge in [-0.3, -0.25) is 0 Å². The van der Waals surface area contributed by atoms with Crippen LogP contribution in [0.4, 0.5) is 11.5 Å². The Labute approximate surface area is 187 Å². The molecule has 7 nitrogen and oxygen atoms in total. The van der Waals surface area contributed by atoms with Gasteiger partial charge in [-0.25, -0.2) is 9.97 Å². The number of methoxy groups -OCH3 is 1. The molecule has 2 N–H and O–H groups in total. The van der Waals surface area contributed by atoms with Gasteiger partial charge < -0.3 is 24.8 Å². The number of hydrogen-bond donors (Lipinski definition) is 2. The van der Waals surface area contributed by atoms with E-state index in [9.17, 15) is 0 Å². The first-order chi connectivity index (χ1) is 15.0. The second-order valence-electron chi connectivity index (χ2n) is 7.53. The number of hydrogen-bond acceptors (Lipinski definition) is 6. The van der Waals surface area contributed by atoms with Crippen molar-refractivity contribution in [2.24, 2.45) is 0 Å². The number of aryl methyl sites for hydroxylation is 2. The summed E-state index contributed by atoms with van der Waals surface area (Å²) < 4.78 is 17.2. The zero-order valence-electron chi connectivity index (χ0n) is 17.9. The normalized spacial score (nSPS) is 15.6. The lowest BCUT2D eigenvalue weighted by Crippen LogP contribution is -2.21.